The van der Waals surface area contributed by atoms with E-state index in [2.05, 4.69) is 22.1 Å². The lowest BCUT2D eigenvalue weighted by atomic mass is 10.1. The summed E-state index contributed by atoms with van der Waals surface area (Å²) in [6.07, 6.45) is -2.98. The zero-order valence-electron chi connectivity index (χ0n) is 20.9. The maximum Gasteiger partial charge on any atom is 0.335 e. The monoisotopic (exact) mass is 545 g/mol. The molecule has 0 saturated heterocycles. The molecule has 1 aromatic heterocycles. The molecule has 0 aliphatic heterocycles. The van der Waals surface area contributed by atoms with Crippen molar-refractivity contribution < 1.29 is 33.0 Å². The number of aromatic carboxylic acids is 1. The molecule has 0 aliphatic carbocycles. The van der Waals surface area contributed by atoms with Gasteiger partial charge in [-0.1, -0.05) is 29.7 Å². The summed E-state index contributed by atoms with van der Waals surface area (Å²) in [6, 6.07) is 12.4. The third-order valence-electron chi connectivity index (χ3n) is 5.45. The first-order chi connectivity index (χ1) is 18.0. The van der Waals surface area contributed by atoms with Crippen molar-refractivity contribution in [3.63, 3.8) is 0 Å². The molecule has 0 aliphatic rings. The number of imidazole rings is 1. The second-order valence-electron chi connectivity index (χ2n) is 8.57. The number of nitrogens with zero attached hydrogens (tertiary/aromatic N) is 2. The Kier molecular flexibility index (Phi) is 9.45. The van der Waals surface area contributed by atoms with Gasteiger partial charge in [0, 0.05) is 18.7 Å². The third kappa shape index (κ3) is 7.54. The predicted octanol–water partition coefficient (Wildman–Crippen LogP) is 4.96. The SMILES string of the molecule is COC(C)(C)C#Cc1nc(C(F)F)n(CCOc2ccc(Cl)cc2)c1C(=O)NCc1ccc(C(=O)O)cc1. The van der Waals surface area contributed by atoms with Crippen LogP contribution >= 0.6 is 11.6 Å². The van der Waals surface area contributed by atoms with Crippen LogP contribution in [-0.4, -0.2) is 45.9 Å². The molecule has 38 heavy (non-hydrogen) atoms. The number of ether oxygens (including phenoxy) is 2. The number of hydrogen-bond acceptors (Lipinski definition) is 5. The molecule has 2 N–H and O–H groups in total. The fourth-order valence-corrected chi connectivity index (χ4v) is 3.38. The number of carbonyl (C=O) groups excluding carboxylic acids is 1. The normalized spacial score (nSPS) is 11.1. The minimum absolute atomic E-state index is 0.0195. The van der Waals surface area contributed by atoms with E-state index in [-0.39, 0.29) is 36.6 Å². The van der Waals surface area contributed by atoms with Gasteiger partial charge in [-0.25, -0.2) is 18.6 Å². The Balaban J connectivity index is 1.91. The minimum Gasteiger partial charge on any atom is -0.492 e. The van der Waals surface area contributed by atoms with Crippen LogP contribution in [0.5, 0.6) is 5.75 Å². The van der Waals surface area contributed by atoms with E-state index in [1.165, 1.54) is 19.2 Å². The Bertz CT molecular complexity index is 1340. The van der Waals surface area contributed by atoms with Gasteiger partial charge in [0.2, 0.25) is 0 Å². The van der Waals surface area contributed by atoms with Crippen molar-refractivity contribution >= 4 is 23.5 Å². The molecule has 3 aromatic rings. The fourth-order valence-electron chi connectivity index (χ4n) is 3.26. The standard InChI is InChI=1S/C27H26ClF2N3O5/c1-27(2,37-3)13-12-21-22(25(34)31-16-17-4-6-18(7-5-17)26(35)36)33(24(32-21)23(29)30)14-15-38-20-10-8-19(28)9-11-20/h4-11,23H,14-16H2,1-3H3,(H,31,34)(H,35,36). The second kappa shape index (κ2) is 12.5. The molecule has 0 radical (unpaired) electrons. The number of carbonyl (C=O) groups is 2. The molecule has 2 aromatic carbocycles. The number of hydrogen-bond donors (Lipinski definition) is 2. The van der Waals surface area contributed by atoms with Gasteiger partial charge in [0.25, 0.3) is 12.3 Å². The van der Waals surface area contributed by atoms with E-state index in [1.54, 1.807) is 50.2 Å². The predicted molar refractivity (Wildman–Crippen MR) is 137 cm³/mol. The van der Waals surface area contributed by atoms with Crippen LogP contribution in [0.3, 0.4) is 0 Å². The third-order valence-corrected chi connectivity index (χ3v) is 5.70. The van der Waals surface area contributed by atoms with Crippen LogP contribution in [0.25, 0.3) is 0 Å². The largest absolute Gasteiger partial charge is 0.492 e. The molecule has 0 fully saturated rings. The van der Waals surface area contributed by atoms with Crippen LogP contribution in [0.15, 0.2) is 48.5 Å². The molecule has 0 atom stereocenters. The molecule has 1 amide bonds. The van der Waals surface area contributed by atoms with E-state index < -0.39 is 29.7 Å². The summed E-state index contributed by atoms with van der Waals surface area (Å²) in [7, 11) is 1.45. The van der Waals surface area contributed by atoms with Gasteiger partial charge < -0.3 is 24.5 Å². The Morgan fingerprint density at radius 2 is 1.82 bits per heavy atom. The van der Waals surface area contributed by atoms with Gasteiger partial charge in [-0.15, -0.1) is 0 Å². The van der Waals surface area contributed by atoms with Crippen molar-refractivity contribution in [3.8, 4) is 17.6 Å². The van der Waals surface area contributed by atoms with Gasteiger partial charge >= 0.3 is 5.97 Å². The number of carboxylic acid groups (broad SMARTS) is 1. The molecule has 0 spiro atoms. The van der Waals surface area contributed by atoms with Crippen LogP contribution in [0, 0.1) is 11.8 Å². The summed E-state index contributed by atoms with van der Waals surface area (Å²) >= 11 is 5.88. The van der Waals surface area contributed by atoms with Crippen LogP contribution in [0.2, 0.25) is 5.02 Å². The Morgan fingerprint density at radius 1 is 1.16 bits per heavy atom. The van der Waals surface area contributed by atoms with Crippen molar-refractivity contribution in [2.45, 2.75) is 39.0 Å². The Labute approximate surface area is 223 Å². The smallest absolute Gasteiger partial charge is 0.335 e. The summed E-state index contributed by atoms with van der Waals surface area (Å²) in [5.74, 6) is 3.61. The number of nitrogens with one attached hydrogen (secondary N) is 1. The number of methoxy groups -OCH3 is 1. The first-order valence-corrected chi connectivity index (χ1v) is 11.8. The van der Waals surface area contributed by atoms with E-state index in [9.17, 15) is 18.4 Å². The van der Waals surface area contributed by atoms with Crippen molar-refractivity contribution in [1.82, 2.24) is 14.9 Å². The molecule has 0 bridgehead atoms. The topological polar surface area (TPSA) is 103 Å². The molecule has 0 unspecified atom stereocenters. The van der Waals surface area contributed by atoms with Gasteiger partial charge in [-0.3, -0.25) is 4.79 Å². The van der Waals surface area contributed by atoms with Crippen molar-refractivity contribution in [1.29, 1.82) is 0 Å². The van der Waals surface area contributed by atoms with Gasteiger partial charge in [0.1, 0.15) is 29.3 Å². The fraction of sp³-hybridized carbons (Fsp3) is 0.296. The number of halogens is 3. The van der Waals surface area contributed by atoms with Gasteiger partial charge in [0.05, 0.1) is 12.1 Å². The van der Waals surface area contributed by atoms with Crippen LogP contribution in [0.4, 0.5) is 8.78 Å². The summed E-state index contributed by atoms with van der Waals surface area (Å²) in [5, 5.41) is 12.2. The van der Waals surface area contributed by atoms with Crippen LogP contribution in [0.1, 0.15) is 58.2 Å². The summed E-state index contributed by atoms with van der Waals surface area (Å²) in [4.78, 5) is 28.3. The van der Waals surface area contributed by atoms with Crippen molar-refractivity contribution in [3.05, 3.63) is 81.9 Å². The van der Waals surface area contributed by atoms with E-state index in [0.717, 1.165) is 4.57 Å². The summed E-state index contributed by atoms with van der Waals surface area (Å²) in [5.41, 5.74) is -0.481. The van der Waals surface area contributed by atoms with Crippen molar-refractivity contribution in [2.24, 2.45) is 0 Å². The molecule has 3 rings (SSSR count). The highest BCUT2D eigenvalue weighted by Crippen LogP contribution is 2.23. The molecular formula is C27H26ClF2N3O5. The molecule has 8 nitrogen and oxygen atoms in total. The number of aromatic nitrogens is 2. The zero-order chi connectivity index (χ0) is 27.9. The summed E-state index contributed by atoms with van der Waals surface area (Å²) < 4.78 is 40.0. The van der Waals surface area contributed by atoms with E-state index >= 15 is 0 Å². The van der Waals surface area contributed by atoms with Crippen LogP contribution in [-0.2, 0) is 17.8 Å². The summed E-state index contributed by atoms with van der Waals surface area (Å²) in [6.45, 7) is 3.24. The molecular weight excluding hydrogens is 520 g/mol. The molecule has 0 saturated carbocycles. The minimum atomic E-state index is -2.98. The Hall–Kier alpha value is -3.94. The van der Waals surface area contributed by atoms with E-state index in [0.29, 0.717) is 16.3 Å². The van der Waals surface area contributed by atoms with Crippen LogP contribution < -0.4 is 10.1 Å². The molecule has 200 valence electrons. The maximum atomic E-state index is 14.0. The number of alkyl halides is 2. The molecule has 11 heteroatoms. The van der Waals surface area contributed by atoms with E-state index in [1.807, 2.05) is 0 Å². The molecule has 1 heterocycles. The highest BCUT2D eigenvalue weighted by atomic mass is 35.5. The average Bonchev–Trinajstić information content (AvgIpc) is 3.26. The maximum absolute atomic E-state index is 14.0. The quantitative estimate of drug-likeness (QED) is 0.349. The number of carboxylic acids is 1. The van der Waals surface area contributed by atoms with Crippen molar-refractivity contribution in [2.75, 3.05) is 13.7 Å². The lowest BCUT2D eigenvalue weighted by molar-refractivity contribution is 0.0695. The lowest BCUT2D eigenvalue weighted by Gasteiger charge is -2.14. The van der Waals surface area contributed by atoms with Gasteiger partial charge in [-0.2, -0.15) is 0 Å². The highest BCUT2D eigenvalue weighted by molar-refractivity contribution is 6.30. The van der Waals surface area contributed by atoms with Gasteiger partial charge in [0.15, 0.2) is 5.82 Å². The first-order valence-electron chi connectivity index (χ1n) is 11.5. The highest BCUT2D eigenvalue weighted by Gasteiger charge is 2.27. The van der Waals surface area contributed by atoms with E-state index in [4.69, 9.17) is 26.2 Å². The Morgan fingerprint density at radius 3 is 2.39 bits per heavy atom. The number of amides is 1. The zero-order valence-corrected chi connectivity index (χ0v) is 21.7. The number of rotatable bonds is 10. The average molecular weight is 546 g/mol. The van der Waals surface area contributed by atoms with Gasteiger partial charge in [-0.05, 0) is 61.7 Å². The lowest BCUT2D eigenvalue weighted by Crippen LogP contribution is -2.28. The number of benzene rings is 2. The first kappa shape index (κ1) is 28.6. The second-order valence-corrected chi connectivity index (χ2v) is 9.01.